The fourth-order valence-electron chi connectivity index (χ4n) is 3.02. The molecule has 1 unspecified atom stereocenters. The Balaban J connectivity index is 1.86. The first-order valence-corrected chi connectivity index (χ1v) is 7.87. The molecule has 2 fully saturated rings. The van der Waals surface area contributed by atoms with Gasteiger partial charge in [-0.2, -0.15) is 11.8 Å². The van der Waals surface area contributed by atoms with Crippen LogP contribution in [0.1, 0.15) is 38.5 Å². The van der Waals surface area contributed by atoms with Crippen molar-refractivity contribution in [2.75, 3.05) is 32.1 Å². The van der Waals surface area contributed by atoms with Gasteiger partial charge in [-0.05, 0) is 39.1 Å². The van der Waals surface area contributed by atoms with Crippen LogP contribution in [-0.2, 0) is 0 Å². The fourth-order valence-corrected chi connectivity index (χ4v) is 4.21. The number of hydrogen-bond donors (Lipinski definition) is 1. The van der Waals surface area contributed by atoms with Gasteiger partial charge in [0.25, 0.3) is 0 Å². The van der Waals surface area contributed by atoms with Gasteiger partial charge in [0.2, 0.25) is 0 Å². The second-order valence-corrected chi connectivity index (χ2v) is 6.77. The number of hydrogen-bond acceptors (Lipinski definition) is 3. The molecule has 16 heavy (non-hydrogen) atoms. The predicted octanol–water partition coefficient (Wildman–Crippen LogP) is 2.35. The van der Waals surface area contributed by atoms with Gasteiger partial charge in [0.1, 0.15) is 0 Å². The zero-order valence-electron chi connectivity index (χ0n) is 10.8. The lowest BCUT2D eigenvalue weighted by Gasteiger charge is -2.43. The normalized spacial score (nSPS) is 29.8. The molecule has 0 spiro atoms. The highest BCUT2D eigenvalue weighted by atomic mass is 32.2. The summed E-state index contributed by atoms with van der Waals surface area (Å²) in [5.41, 5.74) is 0.450. The first-order chi connectivity index (χ1) is 7.73. The Kier molecular flexibility index (Phi) is 4.57. The largest absolute Gasteiger partial charge is 0.311 e. The van der Waals surface area contributed by atoms with Gasteiger partial charge in [0, 0.05) is 23.9 Å². The number of nitrogens with zero attached hydrogens (tertiary/aromatic N) is 1. The van der Waals surface area contributed by atoms with E-state index in [4.69, 9.17) is 0 Å². The van der Waals surface area contributed by atoms with E-state index in [1.165, 1.54) is 56.6 Å². The molecule has 0 aromatic rings. The van der Waals surface area contributed by atoms with Crippen LogP contribution in [0.4, 0.5) is 0 Å². The maximum Gasteiger partial charge on any atom is 0.0327 e. The van der Waals surface area contributed by atoms with E-state index in [0.29, 0.717) is 5.54 Å². The number of nitrogens with one attached hydrogen (secondary N) is 1. The highest BCUT2D eigenvalue weighted by Crippen LogP contribution is 2.32. The van der Waals surface area contributed by atoms with Crippen LogP contribution >= 0.6 is 11.8 Å². The second kappa shape index (κ2) is 5.74. The van der Waals surface area contributed by atoms with Crippen molar-refractivity contribution in [1.82, 2.24) is 10.2 Å². The van der Waals surface area contributed by atoms with Crippen molar-refractivity contribution in [3.05, 3.63) is 0 Å². The van der Waals surface area contributed by atoms with Crippen LogP contribution in [0, 0.1) is 0 Å². The molecule has 1 N–H and O–H groups in total. The number of rotatable bonds is 4. The Morgan fingerprint density at radius 3 is 2.56 bits per heavy atom. The standard InChI is InChI=1S/C13H26N2S/c1-15(2)13(7-4-3-5-8-13)11-14-12-6-9-16-10-12/h12,14H,3-11H2,1-2H3. The summed E-state index contributed by atoms with van der Waals surface area (Å²) < 4.78 is 0. The third-order valence-electron chi connectivity index (χ3n) is 4.38. The molecule has 1 atom stereocenters. The minimum absolute atomic E-state index is 0.450. The topological polar surface area (TPSA) is 15.3 Å². The minimum atomic E-state index is 0.450. The van der Waals surface area contributed by atoms with E-state index < -0.39 is 0 Å². The molecule has 0 amide bonds. The van der Waals surface area contributed by atoms with Gasteiger partial charge >= 0.3 is 0 Å². The number of thioether (sulfide) groups is 1. The number of likely N-dealkylation sites (N-methyl/N-ethyl adjacent to an activating group) is 1. The highest BCUT2D eigenvalue weighted by molar-refractivity contribution is 7.99. The van der Waals surface area contributed by atoms with Crippen molar-refractivity contribution in [2.45, 2.75) is 50.1 Å². The second-order valence-electron chi connectivity index (χ2n) is 5.62. The van der Waals surface area contributed by atoms with E-state index in [0.717, 1.165) is 6.04 Å². The Hall–Kier alpha value is 0.270. The maximum absolute atomic E-state index is 3.81. The van der Waals surface area contributed by atoms with Gasteiger partial charge in [-0.15, -0.1) is 0 Å². The molecule has 2 nitrogen and oxygen atoms in total. The summed E-state index contributed by atoms with van der Waals surface area (Å²) in [5, 5.41) is 3.81. The predicted molar refractivity (Wildman–Crippen MR) is 73.2 cm³/mol. The van der Waals surface area contributed by atoms with Crippen molar-refractivity contribution < 1.29 is 0 Å². The van der Waals surface area contributed by atoms with Crippen LogP contribution in [0.5, 0.6) is 0 Å². The smallest absolute Gasteiger partial charge is 0.0327 e. The maximum atomic E-state index is 3.81. The summed E-state index contributed by atoms with van der Waals surface area (Å²) in [4.78, 5) is 2.47. The lowest BCUT2D eigenvalue weighted by molar-refractivity contribution is 0.0961. The molecule has 1 saturated carbocycles. The Morgan fingerprint density at radius 2 is 2.00 bits per heavy atom. The summed E-state index contributed by atoms with van der Waals surface area (Å²) >= 11 is 2.10. The summed E-state index contributed by atoms with van der Waals surface area (Å²) in [6.07, 6.45) is 8.40. The minimum Gasteiger partial charge on any atom is -0.311 e. The summed E-state index contributed by atoms with van der Waals surface area (Å²) in [6.45, 7) is 1.20. The molecule has 1 aliphatic heterocycles. The molecule has 0 bridgehead atoms. The SMILES string of the molecule is CN(C)C1(CNC2CCSC2)CCCCC1. The van der Waals surface area contributed by atoms with Gasteiger partial charge in [0.05, 0.1) is 0 Å². The molecule has 1 heterocycles. The quantitative estimate of drug-likeness (QED) is 0.815. The van der Waals surface area contributed by atoms with E-state index in [9.17, 15) is 0 Å². The van der Waals surface area contributed by atoms with Crippen molar-refractivity contribution in [3.63, 3.8) is 0 Å². The molecular formula is C13H26N2S. The molecule has 0 aromatic heterocycles. The lowest BCUT2D eigenvalue weighted by Crippen LogP contribution is -2.54. The molecule has 94 valence electrons. The lowest BCUT2D eigenvalue weighted by atomic mass is 9.80. The van der Waals surface area contributed by atoms with Gasteiger partial charge in [-0.25, -0.2) is 0 Å². The molecule has 3 heteroatoms. The Labute approximate surface area is 105 Å². The third kappa shape index (κ3) is 2.93. The summed E-state index contributed by atoms with van der Waals surface area (Å²) in [7, 11) is 4.52. The molecule has 1 saturated heterocycles. The van der Waals surface area contributed by atoms with Crippen LogP contribution in [0.3, 0.4) is 0 Å². The highest BCUT2D eigenvalue weighted by Gasteiger charge is 2.34. The molecule has 1 aliphatic carbocycles. The zero-order chi connectivity index (χ0) is 11.4. The van der Waals surface area contributed by atoms with Crippen LogP contribution in [0.2, 0.25) is 0 Å². The third-order valence-corrected chi connectivity index (χ3v) is 5.54. The fraction of sp³-hybridized carbons (Fsp3) is 1.00. The van der Waals surface area contributed by atoms with Crippen LogP contribution in [-0.4, -0.2) is 48.6 Å². The average Bonchev–Trinajstić information content (AvgIpc) is 2.80. The van der Waals surface area contributed by atoms with E-state index >= 15 is 0 Å². The van der Waals surface area contributed by atoms with E-state index in [2.05, 4.69) is 36.1 Å². The summed E-state index contributed by atoms with van der Waals surface area (Å²) in [6, 6.07) is 0.781. The Bertz CT molecular complexity index is 206. The first-order valence-electron chi connectivity index (χ1n) is 6.71. The van der Waals surface area contributed by atoms with Gasteiger partial charge in [-0.1, -0.05) is 19.3 Å². The van der Waals surface area contributed by atoms with Crippen LogP contribution < -0.4 is 5.32 Å². The van der Waals surface area contributed by atoms with Crippen molar-refractivity contribution >= 4 is 11.8 Å². The molecule has 2 aliphatic rings. The van der Waals surface area contributed by atoms with E-state index in [1.807, 2.05) is 0 Å². The van der Waals surface area contributed by atoms with Crippen LogP contribution in [0.15, 0.2) is 0 Å². The summed E-state index contributed by atoms with van der Waals surface area (Å²) in [5.74, 6) is 2.68. The molecule has 0 aromatic carbocycles. The molecular weight excluding hydrogens is 216 g/mol. The van der Waals surface area contributed by atoms with Gasteiger partial charge in [0.15, 0.2) is 0 Å². The average molecular weight is 242 g/mol. The molecule has 0 radical (unpaired) electrons. The van der Waals surface area contributed by atoms with Gasteiger partial charge < -0.3 is 10.2 Å². The van der Waals surface area contributed by atoms with Crippen molar-refractivity contribution in [2.24, 2.45) is 0 Å². The van der Waals surface area contributed by atoms with Crippen molar-refractivity contribution in [1.29, 1.82) is 0 Å². The van der Waals surface area contributed by atoms with E-state index in [-0.39, 0.29) is 0 Å². The van der Waals surface area contributed by atoms with E-state index in [1.54, 1.807) is 0 Å². The first kappa shape index (κ1) is 12.7. The molecule has 2 rings (SSSR count). The van der Waals surface area contributed by atoms with Crippen molar-refractivity contribution in [3.8, 4) is 0 Å². The monoisotopic (exact) mass is 242 g/mol. The zero-order valence-corrected chi connectivity index (χ0v) is 11.6. The Morgan fingerprint density at radius 1 is 1.25 bits per heavy atom. The van der Waals surface area contributed by atoms with Gasteiger partial charge in [-0.3, -0.25) is 0 Å². The van der Waals surface area contributed by atoms with Crippen LogP contribution in [0.25, 0.3) is 0 Å².